The molecule has 48 heavy (non-hydrogen) atoms. The summed E-state index contributed by atoms with van der Waals surface area (Å²) >= 11 is 18.7. The number of benzene rings is 5. The fraction of sp³-hybridized carbons (Fsp3) is 0.154. The normalized spacial score (nSPS) is 24.0. The van der Waals surface area contributed by atoms with E-state index in [1.807, 2.05) is 103 Å². The third-order valence-corrected chi connectivity index (χ3v) is 11.5. The van der Waals surface area contributed by atoms with Crippen LogP contribution in [0.5, 0.6) is 11.5 Å². The highest BCUT2D eigenvalue weighted by Gasteiger charge is 2.73. The molecule has 5 aromatic rings. The quantitative estimate of drug-likeness (QED) is 0.135. The molecule has 6 nitrogen and oxygen atoms in total. The average molecular weight is 738 g/mol. The van der Waals surface area contributed by atoms with E-state index in [1.165, 1.54) is 0 Å². The molecule has 0 spiro atoms. The van der Waals surface area contributed by atoms with Crippen molar-refractivity contribution >= 4 is 62.5 Å². The highest BCUT2D eigenvalue weighted by Crippen LogP contribution is 2.69. The molecular weight excluding hydrogens is 711 g/mol. The van der Waals surface area contributed by atoms with Gasteiger partial charge in [-0.25, -0.2) is 0 Å². The van der Waals surface area contributed by atoms with E-state index in [-0.39, 0.29) is 6.42 Å². The van der Waals surface area contributed by atoms with Gasteiger partial charge >= 0.3 is 0 Å². The van der Waals surface area contributed by atoms with Crippen LogP contribution in [0.3, 0.4) is 0 Å². The zero-order valence-corrected chi connectivity index (χ0v) is 28.4. The highest BCUT2D eigenvalue weighted by atomic mass is 79.9. The Kier molecular flexibility index (Phi) is 7.47. The number of carbonyl (C=O) groups excluding carboxylic acids is 3. The maximum Gasteiger partial charge on any atom is 0.248 e. The van der Waals surface area contributed by atoms with Crippen LogP contribution < -0.4 is 10.1 Å². The SMILES string of the molecule is O=C(Nc1ccc(Oc2ccc(Br)cc2)cc1)[C@H](Cc1ccccc1)N1C(=O)[C@H]2[C@H](C1=O)C1(Cl)c3ccccc3C2(Cl)c2ccccc21. The van der Waals surface area contributed by atoms with Gasteiger partial charge in [0.15, 0.2) is 0 Å². The number of ether oxygens (including phenoxy) is 1. The van der Waals surface area contributed by atoms with Gasteiger partial charge in [0, 0.05) is 16.6 Å². The Labute approximate surface area is 295 Å². The van der Waals surface area contributed by atoms with Crippen LogP contribution in [0.4, 0.5) is 5.69 Å². The fourth-order valence-corrected chi connectivity index (χ4v) is 8.97. The second kappa shape index (κ2) is 11.6. The van der Waals surface area contributed by atoms with E-state index in [2.05, 4.69) is 21.2 Å². The Morgan fingerprint density at radius 1 is 0.688 bits per heavy atom. The molecule has 9 heteroatoms. The number of hydrogen-bond donors (Lipinski definition) is 1. The summed E-state index contributed by atoms with van der Waals surface area (Å²) in [5.74, 6) is -2.29. The molecule has 2 bridgehead atoms. The van der Waals surface area contributed by atoms with E-state index in [0.29, 0.717) is 39.4 Å². The molecule has 1 fully saturated rings. The lowest BCUT2D eigenvalue weighted by molar-refractivity contribution is -0.146. The number of amides is 3. The minimum atomic E-state index is -1.34. The summed E-state index contributed by atoms with van der Waals surface area (Å²) in [4.78, 5) is 42.1. The summed E-state index contributed by atoms with van der Waals surface area (Å²) in [6.45, 7) is 0. The predicted octanol–water partition coefficient (Wildman–Crippen LogP) is 8.38. The van der Waals surface area contributed by atoms with Crippen molar-refractivity contribution in [2.24, 2.45) is 11.8 Å². The van der Waals surface area contributed by atoms with Crippen molar-refractivity contribution in [3.8, 4) is 11.5 Å². The molecule has 3 aliphatic carbocycles. The first kappa shape index (κ1) is 30.9. The van der Waals surface area contributed by atoms with Crippen LogP contribution in [0.15, 0.2) is 132 Å². The molecule has 4 aliphatic rings. The van der Waals surface area contributed by atoms with Crippen molar-refractivity contribution in [3.63, 3.8) is 0 Å². The molecular formula is C39H27BrCl2N2O4. The Morgan fingerprint density at radius 2 is 1.12 bits per heavy atom. The van der Waals surface area contributed by atoms with E-state index in [0.717, 1.165) is 14.9 Å². The Bertz CT molecular complexity index is 1970. The fourth-order valence-electron chi connectivity index (χ4n) is 7.61. The van der Waals surface area contributed by atoms with E-state index >= 15 is 0 Å². The second-order valence-electron chi connectivity index (χ2n) is 12.3. The number of alkyl halides is 2. The Hall–Kier alpha value is -4.43. The molecule has 1 aliphatic heterocycles. The van der Waals surface area contributed by atoms with Gasteiger partial charge in [-0.2, -0.15) is 0 Å². The minimum Gasteiger partial charge on any atom is -0.457 e. The summed E-state index contributed by atoms with van der Waals surface area (Å²) in [7, 11) is 0. The summed E-state index contributed by atoms with van der Waals surface area (Å²) < 4.78 is 6.87. The van der Waals surface area contributed by atoms with Crippen LogP contribution in [0.1, 0.15) is 27.8 Å². The van der Waals surface area contributed by atoms with E-state index in [9.17, 15) is 14.4 Å². The molecule has 1 saturated heterocycles. The first-order chi connectivity index (χ1) is 23.2. The van der Waals surface area contributed by atoms with E-state index in [4.69, 9.17) is 27.9 Å². The molecule has 0 saturated carbocycles. The van der Waals surface area contributed by atoms with Gasteiger partial charge in [-0.3, -0.25) is 19.3 Å². The van der Waals surface area contributed by atoms with E-state index in [1.54, 1.807) is 24.3 Å². The zero-order chi connectivity index (χ0) is 33.2. The molecule has 1 N–H and O–H groups in total. The second-order valence-corrected chi connectivity index (χ2v) is 14.4. The van der Waals surface area contributed by atoms with Gasteiger partial charge in [0.05, 0.1) is 11.8 Å². The standard InChI is InChI=1S/C39H27BrCl2N2O4/c40-24-14-18-26(19-15-24)48-27-20-16-25(17-21-27)43-35(45)32(22-23-8-2-1-3-9-23)44-36(46)33-34(37(44)47)39(42)29-11-5-4-10-28(29)38(33,41)30-12-6-7-13-31(30)39/h1-21,32-34H,22H2,(H,43,45)/t32-,33+,34+,38?,39?/m0/s1. The third-order valence-electron chi connectivity index (χ3n) is 9.68. The molecule has 9 rings (SSSR count). The van der Waals surface area contributed by atoms with Crippen molar-refractivity contribution in [1.82, 2.24) is 4.90 Å². The maximum atomic E-state index is 14.7. The van der Waals surface area contributed by atoms with Gasteiger partial charge in [0.1, 0.15) is 27.3 Å². The predicted molar refractivity (Wildman–Crippen MR) is 188 cm³/mol. The lowest BCUT2D eigenvalue weighted by Crippen LogP contribution is -2.57. The first-order valence-electron chi connectivity index (χ1n) is 15.5. The van der Waals surface area contributed by atoms with Gasteiger partial charge in [0.2, 0.25) is 17.7 Å². The third kappa shape index (κ3) is 4.63. The van der Waals surface area contributed by atoms with Crippen LogP contribution in [0, 0.1) is 11.8 Å². The van der Waals surface area contributed by atoms with Gasteiger partial charge in [-0.05, 0) is 76.3 Å². The maximum absolute atomic E-state index is 14.7. The smallest absolute Gasteiger partial charge is 0.248 e. The van der Waals surface area contributed by atoms with Crippen LogP contribution in [0.25, 0.3) is 0 Å². The van der Waals surface area contributed by atoms with Gasteiger partial charge in [-0.15, -0.1) is 23.2 Å². The number of carbonyl (C=O) groups is 3. The number of rotatable bonds is 7. The van der Waals surface area contributed by atoms with Crippen LogP contribution in [-0.4, -0.2) is 28.7 Å². The summed E-state index contributed by atoms with van der Waals surface area (Å²) in [5.41, 5.74) is 4.11. The number of nitrogens with one attached hydrogen (secondary N) is 1. The Balaban J connectivity index is 1.15. The van der Waals surface area contributed by atoms with Crippen LogP contribution in [0.2, 0.25) is 0 Å². The molecule has 3 atom stereocenters. The number of hydrogen-bond acceptors (Lipinski definition) is 4. The number of imide groups is 1. The van der Waals surface area contributed by atoms with Crippen molar-refractivity contribution in [2.75, 3.05) is 5.32 Å². The number of likely N-dealkylation sites (tertiary alicyclic amines) is 1. The highest BCUT2D eigenvalue weighted by molar-refractivity contribution is 9.10. The molecule has 0 unspecified atom stereocenters. The summed E-state index contributed by atoms with van der Waals surface area (Å²) in [6.07, 6.45) is 0.110. The number of anilines is 1. The summed E-state index contributed by atoms with van der Waals surface area (Å²) in [6, 6.07) is 37.5. The topological polar surface area (TPSA) is 75.7 Å². The molecule has 5 aromatic carbocycles. The summed E-state index contributed by atoms with van der Waals surface area (Å²) in [5, 5.41) is 2.94. The van der Waals surface area contributed by atoms with Gasteiger partial charge in [0.25, 0.3) is 0 Å². The van der Waals surface area contributed by atoms with Crippen molar-refractivity contribution in [2.45, 2.75) is 22.2 Å². The number of nitrogens with zero attached hydrogens (tertiary/aromatic N) is 1. The zero-order valence-electron chi connectivity index (χ0n) is 25.3. The molecule has 3 amide bonds. The van der Waals surface area contributed by atoms with Crippen molar-refractivity contribution in [3.05, 3.63) is 160 Å². The van der Waals surface area contributed by atoms with Crippen LogP contribution in [-0.2, 0) is 30.6 Å². The minimum absolute atomic E-state index is 0.110. The molecule has 0 radical (unpaired) electrons. The lowest BCUT2D eigenvalue weighted by Gasteiger charge is -2.54. The Morgan fingerprint density at radius 3 is 1.60 bits per heavy atom. The van der Waals surface area contributed by atoms with Gasteiger partial charge in [-0.1, -0.05) is 94.8 Å². The van der Waals surface area contributed by atoms with Gasteiger partial charge < -0.3 is 10.1 Å². The molecule has 1 heterocycles. The van der Waals surface area contributed by atoms with Crippen molar-refractivity contribution in [1.29, 1.82) is 0 Å². The first-order valence-corrected chi connectivity index (χ1v) is 17.1. The van der Waals surface area contributed by atoms with Crippen molar-refractivity contribution < 1.29 is 19.1 Å². The average Bonchev–Trinajstić information content (AvgIpc) is 3.38. The largest absolute Gasteiger partial charge is 0.457 e. The van der Waals surface area contributed by atoms with Crippen LogP contribution >= 0.6 is 39.1 Å². The monoisotopic (exact) mass is 736 g/mol. The molecule has 0 aromatic heterocycles. The van der Waals surface area contributed by atoms with E-state index < -0.39 is 45.3 Å². The molecule has 238 valence electrons. The lowest BCUT2D eigenvalue weighted by atomic mass is 9.54. The number of halogens is 3.